The monoisotopic (exact) mass is 233 g/mol. The summed E-state index contributed by atoms with van der Waals surface area (Å²) < 4.78 is 16.1. The molecule has 98 valence electrons. The molecule has 0 aromatic rings. The zero-order valence-electron chi connectivity index (χ0n) is 11.0. The highest BCUT2D eigenvalue weighted by Gasteiger charge is 1.92. The summed E-state index contributed by atoms with van der Waals surface area (Å²) in [5.74, 6) is 0. The van der Waals surface area contributed by atoms with Crippen molar-refractivity contribution in [2.75, 3.05) is 60.3 Å². The Labute approximate surface area is 99.9 Å². The standard InChI is InChI=1S/C12H27NO3/c1-4-5-7-14-9-11-16-12-10-15-8-6-13(2)3/h4-12H2,1-3H3. The van der Waals surface area contributed by atoms with E-state index < -0.39 is 0 Å². The summed E-state index contributed by atoms with van der Waals surface area (Å²) >= 11 is 0. The van der Waals surface area contributed by atoms with Crippen LogP contribution in [0.25, 0.3) is 0 Å². The average Bonchev–Trinajstić information content (AvgIpc) is 2.25. The first-order valence-electron chi connectivity index (χ1n) is 6.15. The average molecular weight is 233 g/mol. The van der Waals surface area contributed by atoms with Gasteiger partial charge in [0.15, 0.2) is 0 Å². The Morgan fingerprint density at radius 3 is 1.75 bits per heavy atom. The highest BCUT2D eigenvalue weighted by atomic mass is 16.5. The molecule has 0 aromatic heterocycles. The van der Waals surface area contributed by atoms with Gasteiger partial charge in [-0.2, -0.15) is 0 Å². The summed E-state index contributed by atoms with van der Waals surface area (Å²) in [6.07, 6.45) is 2.31. The third-order valence-corrected chi connectivity index (χ3v) is 2.07. The van der Waals surface area contributed by atoms with E-state index in [1.54, 1.807) is 0 Å². The Kier molecular flexibility index (Phi) is 12.8. The molecule has 0 atom stereocenters. The van der Waals surface area contributed by atoms with Crippen LogP contribution in [0.1, 0.15) is 19.8 Å². The minimum atomic E-state index is 0.657. The Bertz CT molecular complexity index is 131. The smallest absolute Gasteiger partial charge is 0.0701 e. The second-order valence-electron chi connectivity index (χ2n) is 3.99. The fourth-order valence-corrected chi connectivity index (χ4v) is 1.04. The molecule has 0 saturated heterocycles. The van der Waals surface area contributed by atoms with E-state index >= 15 is 0 Å². The molecule has 0 unspecified atom stereocenters. The largest absolute Gasteiger partial charge is 0.379 e. The molecule has 0 saturated carbocycles. The molecule has 0 rings (SSSR count). The number of nitrogens with zero attached hydrogens (tertiary/aromatic N) is 1. The van der Waals surface area contributed by atoms with Crippen LogP contribution < -0.4 is 0 Å². The highest BCUT2D eigenvalue weighted by molar-refractivity contribution is 4.40. The molecule has 0 spiro atoms. The van der Waals surface area contributed by atoms with Crippen LogP contribution in [0, 0.1) is 0 Å². The van der Waals surface area contributed by atoms with Gasteiger partial charge in [-0.05, 0) is 20.5 Å². The van der Waals surface area contributed by atoms with Crippen LogP contribution in [0.3, 0.4) is 0 Å². The van der Waals surface area contributed by atoms with Gasteiger partial charge in [0, 0.05) is 13.2 Å². The lowest BCUT2D eigenvalue weighted by atomic mass is 10.4. The van der Waals surface area contributed by atoms with E-state index in [0.29, 0.717) is 26.4 Å². The Hall–Kier alpha value is -0.160. The van der Waals surface area contributed by atoms with Gasteiger partial charge in [-0.3, -0.25) is 0 Å². The lowest BCUT2D eigenvalue weighted by Crippen LogP contribution is -2.19. The van der Waals surface area contributed by atoms with Crippen molar-refractivity contribution in [2.24, 2.45) is 0 Å². The van der Waals surface area contributed by atoms with Gasteiger partial charge >= 0.3 is 0 Å². The topological polar surface area (TPSA) is 30.9 Å². The molecule has 16 heavy (non-hydrogen) atoms. The Morgan fingerprint density at radius 1 is 0.750 bits per heavy atom. The molecule has 4 nitrogen and oxygen atoms in total. The van der Waals surface area contributed by atoms with Crippen molar-refractivity contribution in [3.8, 4) is 0 Å². The fraction of sp³-hybridized carbons (Fsp3) is 1.00. The van der Waals surface area contributed by atoms with Crippen LogP contribution >= 0.6 is 0 Å². The zero-order valence-corrected chi connectivity index (χ0v) is 11.0. The Morgan fingerprint density at radius 2 is 1.25 bits per heavy atom. The maximum absolute atomic E-state index is 5.38. The summed E-state index contributed by atoms with van der Waals surface area (Å²) in [4.78, 5) is 2.10. The van der Waals surface area contributed by atoms with Crippen molar-refractivity contribution in [1.29, 1.82) is 0 Å². The quantitative estimate of drug-likeness (QED) is 0.477. The van der Waals surface area contributed by atoms with Crippen LogP contribution in [0.4, 0.5) is 0 Å². The van der Waals surface area contributed by atoms with E-state index in [4.69, 9.17) is 14.2 Å². The second-order valence-corrected chi connectivity index (χ2v) is 3.99. The molecule has 0 aromatic carbocycles. The summed E-state index contributed by atoms with van der Waals surface area (Å²) in [6.45, 7) is 7.42. The van der Waals surface area contributed by atoms with Gasteiger partial charge < -0.3 is 19.1 Å². The van der Waals surface area contributed by atoms with Gasteiger partial charge in [0.05, 0.1) is 33.0 Å². The summed E-state index contributed by atoms with van der Waals surface area (Å²) in [7, 11) is 4.07. The highest BCUT2D eigenvalue weighted by Crippen LogP contribution is 1.88. The molecule has 0 radical (unpaired) electrons. The molecular formula is C12H27NO3. The van der Waals surface area contributed by atoms with Gasteiger partial charge in [-0.25, -0.2) is 0 Å². The predicted octanol–water partition coefficient (Wildman–Crippen LogP) is 1.40. The first kappa shape index (κ1) is 15.8. The van der Waals surface area contributed by atoms with Crippen LogP contribution in [0.15, 0.2) is 0 Å². The predicted molar refractivity (Wildman–Crippen MR) is 65.9 cm³/mol. The molecule has 0 aliphatic heterocycles. The normalized spacial score (nSPS) is 11.2. The number of hydrogen-bond acceptors (Lipinski definition) is 4. The van der Waals surface area contributed by atoms with Gasteiger partial charge in [0.1, 0.15) is 0 Å². The fourth-order valence-electron chi connectivity index (χ4n) is 1.04. The summed E-state index contributed by atoms with van der Waals surface area (Å²) in [5, 5.41) is 0. The van der Waals surface area contributed by atoms with E-state index in [1.807, 2.05) is 14.1 Å². The van der Waals surface area contributed by atoms with Crippen LogP contribution in [-0.4, -0.2) is 65.2 Å². The number of ether oxygens (including phenoxy) is 3. The minimum absolute atomic E-state index is 0.657. The van der Waals surface area contributed by atoms with Crippen molar-refractivity contribution < 1.29 is 14.2 Å². The van der Waals surface area contributed by atoms with E-state index in [0.717, 1.165) is 26.2 Å². The molecule has 0 N–H and O–H groups in total. The van der Waals surface area contributed by atoms with E-state index in [2.05, 4.69) is 11.8 Å². The number of unbranched alkanes of at least 4 members (excludes halogenated alkanes) is 1. The third kappa shape index (κ3) is 13.8. The molecule has 0 heterocycles. The zero-order chi connectivity index (χ0) is 12.1. The SMILES string of the molecule is CCCCOCCOCCOCCN(C)C. The number of rotatable bonds is 12. The molecule has 0 bridgehead atoms. The number of likely N-dealkylation sites (N-methyl/N-ethyl adjacent to an activating group) is 1. The maximum atomic E-state index is 5.38. The molecule has 0 aliphatic carbocycles. The minimum Gasteiger partial charge on any atom is -0.379 e. The lowest BCUT2D eigenvalue weighted by Gasteiger charge is -2.10. The molecule has 0 fully saturated rings. The molecule has 0 aliphatic rings. The van der Waals surface area contributed by atoms with Gasteiger partial charge in [-0.1, -0.05) is 13.3 Å². The van der Waals surface area contributed by atoms with Crippen LogP contribution in [-0.2, 0) is 14.2 Å². The van der Waals surface area contributed by atoms with E-state index in [-0.39, 0.29) is 0 Å². The summed E-state index contributed by atoms with van der Waals surface area (Å²) in [6, 6.07) is 0. The van der Waals surface area contributed by atoms with Crippen LogP contribution in [0.2, 0.25) is 0 Å². The maximum Gasteiger partial charge on any atom is 0.0701 e. The van der Waals surface area contributed by atoms with Crippen molar-refractivity contribution in [3.05, 3.63) is 0 Å². The van der Waals surface area contributed by atoms with Gasteiger partial charge in [0.2, 0.25) is 0 Å². The van der Waals surface area contributed by atoms with Crippen molar-refractivity contribution in [1.82, 2.24) is 4.90 Å². The molecular weight excluding hydrogens is 206 g/mol. The van der Waals surface area contributed by atoms with Crippen molar-refractivity contribution in [3.63, 3.8) is 0 Å². The van der Waals surface area contributed by atoms with Gasteiger partial charge in [0.25, 0.3) is 0 Å². The number of hydrogen-bond donors (Lipinski definition) is 0. The third-order valence-electron chi connectivity index (χ3n) is 2.07. The first-order chi connectivity index (χ1) is 7.77. The molecule has 4 heteroatoms. The van der Waals surface area contributed by atoms with Gasteiger partial charge in [-0.15, -0.1) is 0 Å². The van der Waals surface area contributed by atoms with Crippen LogP contribution in [0.5, 0.6) is 0 Å². The Balaban J connectivity index is 2.88. The lowest BCUT2D eigenvalue weighted by molar-refractivity contribution is 0.0119. The van der Waals surface area contributed by atoms with Crippen molar-refractivity contribution in [2.45, 2.75) is 19.8 Å². The first-order valence-corrected chi connectivity index (χ1v) is 6.15. The van der Waals surface area contributed by atoms with E-state index in [9.17, 15) is 0 Å². The van der Waals surface area contributed by atoms with Crippen molar-refractivity contribution >= 4 is 0 Å². The summed E-state index contributed by atoms with van der Waals surface area (Å²) in [5.41, 5.74) is 0. The second kappa shape index (κ2) is 12.9. The molecule has 0 amide bonds. The van der Waals surface area contributed by atoms with E-state index in [1.165, 1.54) is 6.42 Å².